The number of allylic oxidation sites excluding steroid dienone is 1. The second kappa shape index (κ2) is 14.2. The van der Waals surface area contributed by atoms with Gasteiger partial charge in [0, 0.05) is 30.6 Å². The Hall–Kier alpha value is -2.97. The van der Waals surface area contributed by atoms with Crippen LogP contribution in [0.5, 0.6) is 0 Å². The highest BCUT2D eigenvalue weighted by molar-refractivity contribution is 7.89. The van der Waals surface area contributed by atoms with Crippen LogP contribution in [0, 0.1) is 11.3 Å². The average molecular weight is 666 g/mol. The molecule has 0 radical (unpaired) electrons. The molecule has 1 aromatic heterocycles. The molecule has 2 aliphatic heterocycles. The molecule has 0 aromatic carbocycles. The van der Waals surface area contributed by atoms with Gasteiger partial charge in [-0.3, -0.25) is 9.59 Å². The van der Waals surface area contributed by atoms with E-state index in [0.717, 1.165) is 43.4 Å². The van der Waals surface area contributed by atoms with Crippen molar-refractivity contribution < 1.29 is 32.7 Å². The van der Waals surface area contributed by atoms with Crippen molar-refractivity contribution >= 4 is 45.2 Å². The fourth-order valence-corrected chi connectivity index (χ4v) is 9.17. The molecule has 4 N–H and O–H groups in total. The van der Waals surface area contributed by atoms with Gasteiger partial charge in [0.1, 0.15) is 11.6 Å². The summed E-state index contributed by atoms with van der Waals surface area (Å²) in [5.74, 6) is -2.10. The van der Waals surface area contributed by atoms with E-state index in [1.807, 2.05) is 26.8 Å². The van der Waals surface area contributed by atoms with Gasteiger partial charge in [-0.15, -0.1) is 17.9 Å². The number of hydrogen-bond acceptors (Lipinski definition) is 7. The molecule has 3 heterocycles. The Morgan fingerprint density at radius 2 is 1.93 bits per heavy atom. The molecule has 2 fully saturated rings. The standard InChI is InChI=1S/C31H47N5O7S2/c1-5-6-7-8-9-10-12-21-17-31(21,28(39)40)34-27(38)22-13-11-15-36(22)26(37)18-32-29(41)33-25(30(2,3)4)20-35-19-23-24(14-16-44-23)45(35,42)43/h5,14,16,21-22,25H,1,6-13,15,17-20H2,2-4H3,(H,34,38)(H,39,40)(H2,32,33,41)/t21?,22-,25?,31+/m0/s1. The summed E-state index contributed by atoms with van der Waals surface area (Å²) >= 11 is 1.38. The molecule has 0 bridgehead atoms. The van der Waals surface area contributed by atoms with E-state index >= 15 is 0 Å². The molecule has 250 valence electrons. The zero-order valence-electron chi connectivity index (χ0n) is 26.5. The first-order valence-electron chi connectivity index (χ1n) is 15.8. The number of nitrogens with one attached hydrogen (secondary N) is 3. The predicted octanol–water partition coefficient (Wildman–Crippen LogP) is 3.44. The van der Waals surface area contributed by atoms with Crippen LogP contribution in [-0.4, -0.2) is 83.8 Å². The SMILES string of the molecule is C=CCCCCCCC1C[C@]1(NC(=O)[C@@H]1CCCN1C(=O)CNC(=O)NC(CN1Cc2sccc2S1(=O)=O)C(C)(C)C)C(=O)O. The van der Waals surface area contributed by atoms with Gasteiger partial charge in [0.05, 0.1) is 11.4 Å². The van der Waals surface area contributed by atoms with Crippen molar-refractivity contribution in [2.24, 2.45) is 11.3 Å². The van der Waals surface area contributed by atoms with Crippen molar-refractivity contribution in [1.29, 1.82) is 0 Å². The van der Waals surface area contributed by atoms with Crippen molar-refractivity contribution in [2.75, 3.05) is 19.6 Å². The van der Waals surface area contributed by atoms with E-state index in [2.05, 4.69) is 22.5 Å². The van der Waals surface area contributed by atoms with E-state index in [9.17, 15) is 32.7 Å². The summed E-state index contributed by atoms with van der Waals surface area (Å²) < 4.78 is 27.3. The quantitative estimate of drug-likeness (QED) is 0.165. The maximum atomic E-state index is 13.3. The van der Waals surface area contributed by atoms with E-state index in [1.165, 1.54) is 20.5 Å². The lowest BCUT2D eigenvalue weighted by atomic mass is 9.86. The molecule has 4 amide bonds. The third-order valence-corrected chi connectivity index (χ3v) is 12.1. The van der Waals surface area contributed by atoms with Crippen LogP contribution in [0.1, 0.15) is 83.4 Å². The second-order valence-electron chi connectivity index (χ2n) is 13.4. The molecule has 3 aliphatic rings. The van der Waals surface area contributed by atoms with Crippen molar-refractivity contribution in [3.8, 4) is 0 Å². The third-order valence-electron chi connectivity index (χ3n) is 9.20. The van der Waals surface area contributed by atoms with Crippen molar-refractivity contribution in [2.45, 2.75) is 108 Å². The first kappa shape index (κ1) is 34.9. The van der Waals surface area contributed by atoms with Gasteiger partial charge in [0.2, 0.25) is 21.8 Å². The molecule has 4 atom stereocenters. The maximum Gasteiger partial charge on any atom is 0.329 e. The molecule has 14 heteroatoms. The Morgan fingerprint density at radius 1 is 1.20 bits per heavy atom. The molecular formula is C31H47N5O7S2. The number of sulfonamides is 1. The van der Waals surface area contributed by atoms with E-state index in [4.69, 9.17) is 0 Å². The number of carbonyl (C=O) groups is 4. The number of nitrogens with zero attached hydrogens (tertiary/aromatic N) is 2. The smallest absolute Gasteiger partial charge is 0.329 e. The minimum Gasteiger partial charge on any atom is -0.479 e. The van der Waals surface area contributed by atoms with Gasteiger partial charge >= 0.3 is 12.0 Å². The number of fused-ring (bicyclic) bond motifs is 1. The molecule has 0 spiro atoms. The Labute approximate surface area is 270 Å². The lowest BCUT2D eigenvalue weighted by Crippen LogP contribution is -2.56. The van der Waals surface area contributed by atoms with Crippen molar-refractivity contribution in [3.05, 3.63) is 29.0 Å². The number of urea groups is 1. The Bertz CT molecular complexity index is 1390. The molecule has 2 unspecified atom stereocenters. The van der Waals surface area contributed by atoms with Crippen LogP contribution < -0.4 is 16.0 Å². The number of aliphatic carboxylic acids is 1. The Balaban J connectivity index is 1.27. The van der Waals surface area contributed by atoms with E-state index in [0.29, 0.717) is 30.7 Å². The number of carboxylic acids is 1. The average Bonchev–Trinajstić information content (AvgIpc) is 3.31. The molecule has 1 saturated carbocycles. The van der Waals surface area contributed by atoms with Crippen LogP contribution in [0.15, 0.2) is 29.0 Å². The summed E-state index contributed by atoms with van der Waals surface area (Å²) in [5, 5.41) is 19.9. The van der Waals surface area contributed by atoms with Crippen LogP contribution in [0.25, 0.3) is 0 Å². The number of rotatable bonds is 15. The lowest BCUT2D eigenvalue weighted by Gasteiger charge is -2.34. The third kappa shape index (κ3) is 8.07. The number of likely N-dealkylation sites (tertiary alicyclic amines) is 1. The zero-order chi connectivity index (χ0) is 33.0. The van der Waals surface area contributed by atoms with Crippen LogP contribution in [0.3, 0.4) is 0 Å². The fraction of sp³-hybridized carbons (Fsp3) is 0.677. The molecule has 1 aromatic rings. The van der Waals surface area contributed by atoms with Crippen LogP contribution >= 0.6 is 11.3 Å². The molecule has 1 aliphatic carbocycles. The Morgan fingerprint density at radius 3 is 2.60 bits per heavy atom. The molecule has 45 heavy (non-hydrogen) atoms. The minimum atomic E-state index is -3.64. The van der Waals surface area contributed by atoms with Gasteiger partial charge in [-0.2, -0.15) is 4.31 Å². The minimum absolute atomic E-state index is 0.0740. The fourth-order valence-electron chi connectivity index (χ4n) is 6.25. The monoisotopic (exact) mass is 665 g/mol. The normalized spacial score (nSPS) is 24.5. The van der Waals surface area contributed by atoms with Gasteiger partial charge in [0.15, 0.2) is 0 Å². The second-order valence-corrected chi connectivity index (χ2v) is 16.4. The summed E-state index contributed by atoms with van der Waals surface area (Å²) in [6, 6.07) is -0.377. The number of hydrogen-bond donors (Lipinski definition) is 4. The van der Waals surface area contributed by atoms with Gasteiger partial charge < -0.3 is 26.0 Å². The summed E-state index contributed by atoms with van der Waals surface area (Å²) in [5.41, 5.74) is -1.78. The van der Waals surface area contributed by atoms with E-state index in [-0.39, 0.29) is 25.6 Å². The number of carboxylic acid groups (broad SMARTS) is 1. The van der Waals surface area contributed by atoms with Crippen molar-refractivity contribution in [1.82, 2.24) is 25.2 Å². The molecule has 4 rings (SSSR count). The predicted molar refractivity (Wildman–Crippen MR) is 171 cm³/mol. The largest absolute Gasteiger partial charge is 0.479 e. The maximum absolute atomic E-state index is 13.3. The van der Waals surface area contributed by atoms with Gasteiger partial charge in [-0.25, -0.2) is 18.0 Å². The summed E-state index contributed by atoms with van der Waals surface area (Å²) in [4.78, 5) is 53.9. The van der Waals surface area contributed by atoms with Gasteiger partial charge in [0.25, 0.3) is 0 Å². The first-order valence-corrected chi connectivity index (χ1v) is 18.1. The number of carbonyl (C=O) groups excluding carboxylic acids is 3. The first-order chi connectivity index (χ1) is 21.2. The molecular weight excluding hydrogens is 619 g/mol. The van der Waals surface area contributed by atoms with Gasteiger partial charge in [-0.1, -0.05) is 46.1 Å². The van der Waals surface area contributed by atoms with Crippen LogP contribution in [-0.2, 0) is 31.0 Å². The zero-order valence-corrected chi connectivity index (χ0v) is 28.1. The lowest BCUT2D eigenvalue weighted by molar-refractivity contribution is -0.145. The summed E-state index contributed by atoms with van der Waals surface area (Å²) in [6.07, 6.45) is 8.99. The highest BCUT2D eigenvalue weighted by Gasteiger charge is 2.61. The van der Waals surface area contributed by atoms with Crippen LogP contribution in [0.2, 0.25) is 0 Å². The summed E-state index contributed by atoms with van der Waals surface area (Å²) in [7, 11) is -3.64. The molecule has 1 saturated heterocycles. The highest BCUT2D eigenvalue weighted by Crippen LogP contribution is 2.47. The number of amides is 4. The Kier molecular flexibility index (Phi) is 11.0. The van der Waals surface area contributed by atoms with Crippen molar-refractivity contribution in [3.63, 3.8) is 0 Å². The number of thiophene rings is 1. The van der Waals surface area contributed by atoms with E-state index in [1.54, 1.807) is 11.4 Å². The number of unbranched alkanes of at least 4 members (excludes halogenated alkanes) is 4. The molecule has 12 nitrogen and oxygen atoms in total. The van der Waals surface area contributed by atoms with Crippen LogP contribution in [0.4, 0.5) is 4.79 Å². The van der Waals surface area contributed by atoms with Gasteiger partial charge in [-0.05, 0) is 61.3 Å². The van der Waals surface area contributed by atoms with E-state index < -0.39 is 56.9 Å². The summed E-state index contributed by atoms with van der Waals surface area (Å²) in [6.45, 7) is 9.71. The highest BCUT2D eigenvalue weighted by atomic mass is 32.2. The topological polar surface area (TPSA) is 165 Å².